The first-order valence-corrected chi connectivity index (χ1v) is 4.87. The van der Waals surface area contributed by atoms with Crippen molar-refractivity contribution in [1.82, 2.24) is 15.5 Å². The van der Waals surface area contributed by atoms with Gasteiger partial charge in [0, 0.05) is 32.6 Å². The summed E-state index contributed by atoms with van der Waals surface area (Å²) in [5.41, 5.74) is 0. The van der Waals surface area contributed by atoms with Crippen molar-refractivity contribution in [2.75, 3.05) is 26.7 Å². The third kappa shape index (κ3) is 2.99. The van der Waals surface area contributed by atoms with Crippen LogP contribution in [0.15, 0.2) is 0 Å². The Morgan fingerprint density at radius 3 is 2.93 bits per heavy atom. The van der Waals surface area contributed by atoms with Crippen LogP contribution >= 0.6 is 0 Å². The van der Waals surface area contributed by atoms with Crippen LogP contribution in [-0.4, -0.2) is 49.4 Å². The summed E-state index contributed by atoms with van der Waals surface area (Å²) in [6, 6.07) is 0.108. The lowest BCUT2D eigenvalue weighted by atomic mass is 10.2. The van der Waals surface area contributed by atoms with E-state index in [1.165, 1.54) is 0 Å². The van der Waals surface area contributed by atoms with Crippen molar-refractivity contribution in [3.63, 3.8) is 0 Å². The summed E-state index contributed by atoms with van der Waals surface area (Å²) in [5, 5.41) is 5.76. The molecule has 1 fully saturated rings. The largest absolute Gasteiger partial charge is 0.354 e. The van der Waals surface area contributed by atoms with Crippen LogP contribution in [0, 0.1) is 0 Å². The van der Waals surface area contributed by atoms with Gasteiger partial charge in [-0.15, -0.1) is 0 Å². The number of hydrogen-bond donors (Lipinski definition) is 2. The van der Waals surface area contributed by atoms with Crippen molar-refractivity contribution >= 4 is 11.8 Å². The number of hydrogen-bond acceptors (Lipinski definition) is 3. The lowest BCUT2D eigenvalue weighted by Crippen LogP contribution is -2.40. The highest BCUT2D eigenvalue weighted by Gasteiger charge is 2.21. The van der Waals surface area contributed by atoms with Crippen molar-refractivity contribution < 1.29 is 9.59 Å². The Bertz CT molecular complexity index is 230. The first kappa shape index (κ1) is 11.0. The molecule has 14 heavy (non-hydrogen) atoms. The predicted molar refractivity (Wildman–Crippen MR) is 52.7 cm³/mol. The molecular formula is C9H17N3O2. The molecule has 5 nitrogen and oxygen atoms in total. The summed E-state index contributed by atoms with van der Waals surface area (Å²) in [4.78, 5) is 23.9. The van der Waals surface area contributed by atoms with E-state index >= 15 is 0 Å². The lowest BCUT2D eigenvalue weighted by molar-refractivity contribution is -0.129. The van der Waals surface area contributed by atoms with Gasteiger partial charge in [0.25, 0.3) is 0 Å². The van der Waals surface area contributed by atoms with Crippen LogP contribution in [0.3, 0.4) is 0 Å². The molecule has 0 bridgehead atoms. The molecule has 1 unspecified atom stereocenters. The number of amides is 2. The maximum atomic E-state index is 11.4. The normalized spacial score (nSPS) is 20.7. The number of carbonyl (C=O) groups is 2. The Kier molecular flexibility index (Phi) is 3.88. The second-order valence-corrected chi connectivity index (χ2v) is 3.49. The minimum absolute atomic E-state index is 0.0544. The van der Waals surface area contributed by atoms with Crippen LogP contribution in [0.2, 0.25) is 0 Å². The van der Waals surface area contributed by atoms with E-state index in [-0.39, 0.29) is 17.9 Å². The molecule has 2 amide bonds. The van der Waals surface area contributed by atoms with Gasteiger partial charge >= 0.3 is 0 Å². The molecule has 80 valence electrons. The summed E-state index contributed by atoms with van der Waals surface area (Å²) < 4.78 is 0. The molecule has 0 aliphatic carbocycles. The van der Waals surface area contributed by atoms with Crippen molar-refractivity contribution in [3.05, 3.63) is 0 Å². The molecule has 1 atom stereocenters. The van der Waals surface area contributed by atoms with Crippen LogP contribution < -0.4 is 10.6 Å². The van der Waals surface area contributed by atoms with Gasteiger partial charge in [-0.3, -0.25) is 9.59 Å². The van der Waals surface area contributed by atoms with Crippen molar-refractivity contribution in [3.8, 4) is 0 Å². The molecule has 1 aliphatic heterocycles. The van der Waals surface area contributed by atoms with E-state index in [9.17, 15) is 9.59 Å². The Morgan fingerprint density at radius 2 is 2.43 bits per heavy atom. The van der Waals surface area contributed by atoms with E-state index in [1.807, 2.05) is 6.92 Å². The minimum atomic E-state index is 0.0544. The van der Waals surface area contributed by atoms with Crippen LogP contribution in [0.25, 0.3) is 0 Å². The number of carbonyl (C=O) groups excluding carboxylic acids is 2. The zero-order valence-corrected chi connectivity index (χ0v) is 8.67. The van der Waals surface area contributed by atoms with E-state index in [1.54, 1.807) is 11.9 Å². The quantitative estimate of drug-likeness (QED) is 0.607. The van der Waals surface area contributed by atoms with E-state index in [2.05, 4.69) is 10.6 Å². The average Bonchev–Trinajstić information content (AvgIpc) is 2.59. The SMILES string of the molecule is CCN(C)C(=O)CNC1CNC(=O)C1. The number of rotatable bonds is 4. The summed E-state index contributed by atoms with van der Waals surface area (Å²) >= 11 is 0. The molecule has 0 radical (unpaired) electrons. The summed E-state index contributed by atoms with van der Waals surface area (Å²) in [6.07, 6.45) is 0.475. The minimum Gasteiger partial charge on any atom is -0.354 e. The second kappa shape index (κ2) is 4.95. The standard InChI is InChI=1S/C9H17N3O2/c1-3-12(2)9(14)6-10-7-4-8(13)11-5-7/h7,10H,3-6H2,1-2H3,(H,11,13). The maximum absolute atomic E-state index is 11.4. The highest BCUT2D eigenvalue weighted by Crippen LogP contribution is 1.98. The first-order chi connectivity index (χ1) is 6.63. The highest BCUT2D eigenvalue weighted by molar-refractivity contribution is 5.80. The molecule has 5 heteroatoms. The molecule has 1 heterocycles. The van der Waals surface area contributed by atoms with Gasteiger partial charge in [0.2, 0.25) is 11.8 Å². The van der Waals surface area contributed by atoms with E-state index in [0.29, 0.717) is 26.1 Å². The van der Waals surface area contributed by atoms with Gasteiger partial charge in [-0.25, -0.2) is 0 Å². The molecule has 2 N–H and O–H groups in total. The van der Waals surface area contributed by atoms with E-state index < -0.39 is 0 Å². The summed E-state index contributed by atoms with van der Waals surface area (Å²) in [7, 11) is 1.77. The van der Waals surface area contributed by atoms with Gasteiger partial charge in [0.15, 0.2) is 0 Å². The van der Waals surface area contributed by atoms with Crippen LogP contribution in [0.1, 0.15) is 13.3 Å². The van der Waals surface area contributed by atoms with E-state index in [4.69, 9.17) is 0 Å². The molecule has 0 spiro atoms. The smallest absolute Gasteiger partial charge is 0.236 e. The third-order valence-corrected chi connectivity index (χ3v) is 2.42. The number of nitrogens with zero attached hydrogens (tertiary/aromatic N) is 1. The zero-order valence-electron chi connectivity index (χ0n) is 8.67. The maximum Gasteiger partial charge on any atom is 0.236 e. The molecule has 0 aromatic carbocycles. The molecule has 0 aromatic rings. The van der Waals surface area contributed by atoms with E-state index in [0.717, 1.165) is 0 Å². The Balaban J connectivity index is 2.20. The van der Waals surface area contributed by atoms with Crippen molar-refractivity contribution in [2.45, 2.75) is 19.4 Å². The molecule has 1 rings (SSSR count). The molecular weight excluding hydrogens is 182 g/mol. The summed E-state index contributed by atoms with van der Waals surface area (Å²) in [5.74, 6) is 0.116. The fourth-order valence-electron chi connectivity index (χ4n) is 1.29. The fourth-order valence-corrected chi connectivity index (χ4v) is 1.29. The van der Waals surface area contributed by atoms with Gasteiger partial charge in [0.1, 0.15) is 0 Å². The van der Waals surface area contributed by atoms with Gasteiger partial charge in [-0.05, 0) is 6.92 Å². The summed E-state index contributed by atoms with van der Waals surface area (Å²) in [6.45, 7) is 3.58. The molecule has 0 aromatic heterocycles. The number of nitrogens with one attached hydrogen (secondary N) is 2. The second-order valence-electron chi connectivity index (χ2n) is 3.49. The third-order valence-electron chi connectivity index (χ3n) is 2.42. The zero-order chi connectivity index (χ0) is 10.6. The Hall–Kier alpha value is -1.10. The molecule has 0 saturated carbocycles. The molecule has 1 aliphatic rings. The fraction of sp³-hybridized carbons (Fsp3) is 0.778. The Labute approximate surface area is 83.8 Å². The monoisotopic (exact) mass is 199 g/mol. The highest BCUT2D eigenvalue weighted by atomic mass is 16.2. The van der Waals surface area contributed by atoms with Gasteiger partial charge < -0.3 is 15.5 Å². The first-order valence-electron chi connectivity index (χ1n) is 4.87. The van der Waals surface area contributed by atoms with Crippen LogP contribution in [-0.2, 0) is 9.59 Å². The Morgan fingerprint density at radius 1 is 1.71 bits per heavy atom. The van der Waals surface area contributed by atoms with Crippen LogP contribution in [0.5, 0.6) is 0 Å². The average molecular weight is 199 g/mol. The lowest BCUT2D eigenvalue weighted by Gasteiger charge is -2.16. The van der Waals surface area contributed by atoms with Crippen LogP contribution in [0.4, 0.5) is 0 Å². The molecule has 1 saturated heterocycles. The number of likely N-dealkylation sites (N-methyl/N-ethyl adjacent to an activating group) is 1. The van der Waals surface area contributed by atoms with Crippen molar-refractivity contribution in [2.24, 2.45) is 0 Å². The van der Waals surface area contributed by atoms with Gasteiger partial charge in [0.05, 0.1) is 6.54 Å². The van der Waals surface area contributed by atoms with Gasteiger partial charge in [-0.1, -0.05) is 0 Å². The predicted octanol–water partition coefficient (Wildman–Crippen LogP) is -1.06. The van der Waals surface area contributed by atoms with Gasteiger partial charge in [-0.2, -0.15) is 0 Å². The van der Waals surface area contributed by atoms with Crippen molar-refractivity contribution in [1.29, 1.82) is 0 Å². The topological polar surface area (TPSA) is 61.4 Å².